The van der Waals surface area contributed by atoms with E-state index in [2.05, 4.69) is 5.32 Å². The van der Waals surface area contributed by atoms with Gasteiger partial charge in [0.05, 0.1) is 5.69 Å². The topological polar surface area (TPSA) is 69.6 Å². The van der Waals surface area contributed by atoms with E-state index in [-0.39, 0.29) is 12.2 Å². The molecule has 0 saturated heterocycles. The standard InChI is InChI=1S/C13H16F2N2O3/c1-4-17(13(2,3)11(18)19)12(20)16-9-7-5-6-8(14)10(9)15/h5-7H,4H2,1-3H3,(H,16,20)(H,18,19). The molecule has 1 aromatic rings. The van der Waals surface area contributed by atoms with Gasteiger partial charge in [-0.2, -0.15) is 0 Å². The Kier molecular flexibility index (Phi) is 4.65. The fourth-order valence-corrected chi connectivity index (χ4v) is 1.69. The molecule has 0 heterocycles. The first-order valence-corrected chi connectivity index (χ1v) is 5.97. The van der Waals surface area contributed by atoms with Gasteiger partial charge in [-0.05, 0) is 32.9 Å². The van der Waals surface area contributed by atoms with Crippen LogP contribution in [0.15, 0.2) is 18.2 Å². The molecule has 0 spiro atoms. The second kappa shape index (κ2) is 5.85. The van der Waals surface area contributed by atoms with E-state index in [0.29, 0.717) is 0 Å². The van der Waals surface area contributed by atoms with Gasteiger partial charge in [-0.15, -0.1) is 0 Å². The van der Waals surface area contributed by atoms with Crippen molar-refractivity contribution < 1.29 is 23.5 Å². The number of amides is 2. The molecule has 0 aliphatic carbocycles. The van der Waals surface area contributed by atoms with E-state index >= 15 is 0 Å². The van der Waals surface area contributed by atoms with E-state index in [1.807, 2.05) is 0 Å². The number of aliphatic carboxylic acids is 1. The summed E-state index contributed by atoms with van der Waals surface area (Å²) in [6.45, 7) is 4.38. The summed E-state index contributed by atoms with van der Waals surface area (Å²) in [7, 11) is 0. The Bertz CT molecular complexity index is 532. The van der Waals surface area contributed by atoms with Gasteiger partial charge in [0.25, 0.3) is 0 Å². The minimum absolute atomic E-state index is 0.0993. The molecule has 1 aromatic carbocycles. The van der Waals surface area contributed by atoms with E-state index in [9.17, 15) is 18.4 Å². The van der Waals surface area contributed by atoms with Crippen molar-refractivity contribution in [2.75, 3.05) is 11.9 Å². The van der Waals surface area contributed by atoms with E-state index in [1.165, 1.54) is 26.0 Å². The fourth-order valence-electron chi connectivity index (χ4n) is 1.69. The maximum Gasteiger partial charge on any atom is 0.329 e. The lowest BCUT2D eigenvalue weighted by atomic mass is 10.0. The Labute approximate surface area is 115 Å². The predicted molar refractivity (Wildman–Crippen MR) is 69.5 cm³/mol. The third kappa shape index (κ3) is 3.04. The highest BCUT2D eigenvalue weighted by Crippen LogP contribution is 2.20. The van der Waals surface area contributed by atoms with Crippen LogP contribution in [0.5, 0.6) is 0 Å². The van der Waals surface area contributed by atoms with Crippen molar-refractivity contribution >= 4 is 17.7 Å². The van der Waals surface area contributed by atoms with Gasteiger partial charge in [0, 0.05) is 6.54 Å². The number of carboxylic acid groups (broad SMARTS) is 1. The van der Waals surface area contributed by atoms with Gasteiger partial charge in [-0.1, -0.05) is 6.07 Å². The molecular formula is C13H16F2N2O3. The summed E-state index contributed by atoms with van der Waals surface area (Å²) in [6.07, 6.45) is 0. The first-order chi connectivity index (χ1) is 9.21. The SMILES string of the molecule is CCN(C(=O)Nc1cccc(F)c1F)C(C)(C)C(=O)O. The number of anilines is 1. The molecule has 0 aliphatic rings. The predicted octanol–water partition coefficient (Wildman–Crippen LogP) is 2.68. The molecule has 110 valence electrons. The van der Waals surface area contributed by atoms with Crippen LogP contribution < -0.4 is 5.32 Å². The third-order valence-corrected chi connectivity index (χ3v) is 2.95. The van der Waals surface area contributed by atoms with E-state index in [1.54, 1.807) is 6.92 Å². The highest BCUT2D eigenvalue weighted by molar-refractivity contribution is 5.93. The number of hydrogen-bond acceptors (Lipinski definition) is 2. The lowest BCUT2D eigenvalue weighted by molar-refractivity contribution is -0.147. The fraction of sp³-hybridized carbons (Fsp3) is 0.385. The average molecular weight is 286 g/mol. The summed E-state index contributed by atoms with van der Waals surface area (Å²) in [5.41, 5.74) is -1.81. The van der Waals surface area contributed by atoms with Gasteiger partial charge >= 0.3 is 12.0 Å². The summed E-state index contributed by atoms with van der Waals surface area (Å²) in [6, 6.07) is 2.54. The molecule has 0 atom stereocenters. The number of benzene rings is 1. The number of halogens is 2. The minimum Gasteiger partial charge on any atom is -0.480 e. The highest BCUT2D eigenvalue weighted by Gasteiger charge is 2.37. The monoisotopic (exact) mass is 286 g/mol. The summed E-state index contributed by atoms with van der Waals surface area (Å²) in [5, 5.41) is 11.3. The quantitative estimate of drug-likeness (QED) is 0.894. The maximum absolute atomic E-state index is 13.5. The van der Waals surface area contributed by atoms with Gasteiger partial charge in [0.2, 0.25) is 0 Å². The molecule has 7 heteroatoms. The second-order valence-corrected chi connectivity index (χ2v) is 4.64. The lowest BCUT2D eigenvalue weighted by Gasteiger charge is -2.34. The average Bonchev–Trinajstić information content (AvgIpc) is 2.35. The van der Waals surface area contributed by atoms with Crippen LogP contribution in [-0.4, -0.2) is 34.1 Å². The number of nitrogens with one attached hydrogen (secondary N) is 1. The first-order valence-electron chi connectivity index (χ1n) is 5.97. The summed E-state index contributed by atoms with van der Waals surface area (Å²) in [4.78, 5) is 24.2. The van der Waals surface area contributed by atoms with Crippen LogP contribution in [0.4, 0.5) is 19.3 Å². The molecule has 20 heavy (non-hydrogen) atoms. The van der Waals surface area contributed by atoms with Crippen LogP contribution in [0.1, 0.15) is 20.8 Å². The van der Waals surface area contributed by atoms with Crippen molar-refractivity contribution in [1.82, 2.24) is 4.90 Å². The second-order valence-electron chi connectivity index (χ2n) is 4.64. The lowest BCUT2D eigenvalue weighted by Crippen LogP contribution is -2.54. The van der Waals surface area contributed by atoms with Crippen LogP contribution in [-0.2, 0) is 4.79 Å². The van der Waals surface area contributed by atoms with Crippen LogP contribution in [0.2, 0.25) is 0 Å². The summed E-state index contributed by atoms with van der Waals surface area (Å²) in [5.74, 6) is -3.48. The van der Waals surface area contributed by atoms with E-state index < -0.39 is 29.2 Å². The first kappa shape index (κ1) is 15.9. The van der Waals surface area contributed by atoms with Crippen LogP contribution in [0.3, 0.4) is 0 Å². The van der Waals surface area contributed by atoms with Gasteiger partial charge in [0.1, 0.15) is 5.54 Å². The van der Waals surface area contributed by atoms with Crippen molar-refractivity contribution in [2.24, 2.45) is 0 Å². The Morgan fingerprint density at radius 3 is 2.45 bits per heavy atom. The van der Waals surface area contributed by atoms with Gasteiger partial charge in [0.15, 0.2) is 11.6 Å². The molecular weight excluding hydrogens is 270 g/mol. The number of likely N-dealkylation sites (N-methyl/N-ethyl adjacent to an activating group) is 1. The molecule has 5 nitrogen and oxygen atoms in total. The molecule has 2 N–H and O–H groups in total. The zero-order chi connectivity index (χ0) is 15.5. The number of carbonyl (C=O) groups is 2. The number of nitrogens with zero attached hydrogens (tertiary/aromatic N) is 1. The largest absolute Gasteiger partial charge is 0.480 e. The minimum atomic E-state index is -1.47. The van der Waals surface area contributed by atoms with Crippen LogP contribution in [0, 0.1) is 11.6 Å². The van der Waals surface area contributed by atoms with Crippen molar-refractivity contribution in [3.05, 3.63) is 29.8 Å². The summed E-state index contributed by atoms with van der Waals surface area (Å²) < 4.78 is 26.5. The van der Waals surface area contributed by atoms with Crippen molar-refractivity contribution in [1.29, 1.82) is 0 Å². The van der Waals surface area contributed by atoms with E-state index in [4.69, 9.17) is 5.11 Å². The maximum atomic E-state index is 13.5. The molecule has 2 amide bonds. The van der Waals surface area contributed by atoms with Gasteiger partial charge < -0.3 is 15.3 Å². The van der Waals surface area contributed by atoms with Crippen LogP contribution in [0.25, 0.3) is 0 Å². The Morgan fingerprint density at radius 2 is 1.95 bits per heavy atom. The molecule has 0 unspecified atom stereocenters. The number of hydrogen-bond donors (Lipinski definition) is 2. The molecule has 0 aliphatic heterocycles. The van der Waals surface area contributed by atoms with E-state index in [0.717, 1.165) is 11.0 Å². The summed E-state index contributed by atoms with van der Waals surface area (Å²) >= 11 is 0. The molecule has 0 fully saturated rings. The zero-order valence-electron chi connectivity index (χ0n) is 11.4. The van der Waals surface area contributed by atoms with Crippen molar-refractivity contribution in [3.63, 3.8) is 0 Å². The molecule has 0 bridgehead atoms. The third-order valence-electron chi connectivity index (χ3n) is 2.95. The Hall–Kier alpha value is -2.18. The van der Waals surface area contributed by atoms with Crippen LogP contribution >= 0.6 is 0 Å². The molecule has 0 radical (unpaired) electrons. The Morgan fingerprint density at radius 1 is 1.35 bits per heavy atom. The normalized spacial score (nSPS) is 11.1. The number of urea groups is 1. The molecule has 1 rings (SSSR count). The molecule has 0 aromatic heterocycles. The van der Waals surface area contributed by atoms with Gasteiger partial charge in [-0.3, -0.25) is 0 Å². The highest BCUT2D eigenvalue weighted by atomic mass is 19.2. The zero-order valence-corrected chi connectivity index (χ0v) is 11.4. The smallest absolute Gasteiger partial charge is 0.329 e. The van der Waals surface area contributed by atoms with Gasteiger partial charge in [-0.25, -0.2) is 18.4 Å². The Balaban J connectivity index is 3.00. The van der Waals surface area contributed by atoms with Crippen molar-refractivity contribution in [3.8, 4) is 0 Å². The number of carboxylic acids is 1. The number of carbonyl (C=O) groups excluding carboxylic acids is 1. The molecule has 0 saturated carbocycles. The number of rotatable bonds is 4. The van der Waals surface area contributed by atoms with Crippen molar-refractivity contribution in [2.45, 2.75) is 26.3 Å².